The molecule has 9 nitrogen and oxygen atoms in total. The fraction of sp³-hybridized carbons (Fsp3) is 0.417. The molecule has 2 unspecified atom stereocenters. The average molecular weight is 321 g/mol. The molecular weight excluding hydrogens is 306 g/mol. The van der Waals surface area contributed by atoms with Gasteiger partial charge in [0.05, 0.1) is 0 Å². The van der Waals surface area contributed by atoms with Crippen molar-refractivity contribution >= 4 is 27.8 Å². The molecule has 116 valence electrons. The number of allylic oxidation sites excluding steroid dienone is 1. The summed E-state index contributed by atoms with van der Waals surface area (Å²) >= 11 is 0. The Morgan fingerprint density at radius 3 is 3.09 bits per heavy atom. The molecule has 3 rings (SSSR count). The Kier molecular flexibility index (Phi) is 3.84. The third-order valence-electron chi connectivity index (χ3n) is 3.52. The van der Waals surface area contributed by atoms with Crippen LogP contribution in [0.25, 0.3) is 0 Å². The second-order valence-corrected chi connectivity index (χ2v) is 6.28. The van der Waals surface area contributed by atoms with E-state index in [1.807, 2.05) is 6.08 Å². The third-order valence-corrected chi connectivity index (χ3v) is 4.87. The van der Waals surface area contributed by atoms with Crippen LogP contribution in [0.2, 0.25) is 0 Å². The van der Waals surface area contributed by atoms with Crippen LogP contribution < -0.4 is 5.32 Å². The fourth-order valence-corrected chi connectivity index (χ4v) is 3.24. The van der Waals surface area contributed by atoms with E-state index < -0.39 is 16.7 Å². The molecule has 2 aliphatic heterocycles. The maximum absolute atomic E-state index is 12.5. The minimum Gasteiger partial charge on any atom is -0.320 e. The highest BCUT2D eigenvalue weighted by molar-refractivity contribution is 8.05. The zero-order valence-corrected chi connectivity index (χ0v) is 12.9. The summed E-state index contributed by atoms with van der Waals surface area (Å²) in [4.78, 5) is 18.4. The molecule has 2 aliphatic rings. The summed E-state index contributed by atoms with van der Waals surface area (Å²) in [7, 11) is -1.61. The Morgan fingerprint density at radius 1 is 1.59 bits per heavy atom. The number of carbonyl (C=O) groups excluding carboxylic acids is 1. The lowest BCUT2D eigenvalue weighted by Gasteiger charge is -2.21. The van der Waals surface area contributed by atoms with Gasteiger partial charge in [-0.3, -0.25) is 10.1 Å². The Balaban J connectivity index is 1.78. The van der Waals surface area contributed by atoms with E-state index in [-0.39, 0.29) is 10.9 Å². The van der Waals surface area contributed by atoms with E-state index in [1.165, 1.54) is 0 Å². The molecule has 3 heterocycles. The summed E-state index contributed by atoms with van der Waals surface area (Å²) in [5.41, 5.74) is 0.912. The maximum atomic E-state index is 12.5. The van der Waals surface area contributed by atoms with Crippen LogP contribution in [0.3, 0.4) is 0 Å². The Labute approximate surface area is 129 Å². The molecule has 22 heavy (non-hydrogen) atoms. The van der Waals surface area contributed by atoms with Gasteiger partial charge in [0.15, 0.2) is 0 Å². The van der Waals surface area contributed by atoms with E-state index in [2.05, 4.69) is 44.8 Å². The van der Waals surface area contributed by atoms with Gasteiger partial charge in [0, 0.05) is 18.4 Å². The predicted octanol–water partition coefficient (Wildman–Crippen LogP) is 0.344. The average Bonchev–Trinajstić information content (AvgIpc) is 3.14. The number of amidine groups is 1. The largest absolute Gasteiger partial charge is 0.320 e. The van der Waals surface area contributed by atoms with Crippen molar-refractivity contribution in [1.29, 1.82) is 0 Å². The molecule has 0 bridgehead atoms. The van der Waals surface area contributed by atoms with Crippen molar-refractivity contribution in [3.63, 3.8) is 0 Å². The number of H-pyrrole nitrogens is 1. The van der Waals surface area contributed by atoms with Crippen molar-refractivity contribution in [2.75, 3.05) is 11.9 Å². The second kappa shape index (κ2) is 5.79. The molecule has 10 heteroatoms. The van der Waals surface area contributed by atoms with Crippen LogP contribution in [0.4, 0.5) is 5.95 Å². The first-order valence-electron chi connectivity index (χ1n) is 6.84. The zero-order chi connectivity index (χ0) is 15.7. The number of anilines is 1. The number of fused-ring (bicyclic) bond motifs is 1. The lowest BCUT2D eigenvalue weighted by Crippen LogP contribution is -2.28. The summed E-state index contributed by atoms with van der Waals surface area (Å²) in [5.74, 6) is -0.195. The van der Waals surface area contributed by atoms with Gasteiger partial charge in [0.1, 0.15) is 15.7 Å². The molecular formula is C12H15N7O2S. The van der Waals surface area contributed by atoms with Gasteiger partial charge >= 0.3 is 0 Å². The van der Waals surface area contributed by atoms with Crippen molar-refractivity contribution in [2.45, 2.75) is 20.3 Å². The second-order valence-electron chi connectivity index (χ2n) is 4.94. The first-order valence-corrected chi connectivity index (χ1v) is 7.99. The van der Waals surface area contributed by atoms with Crippen LogP contribution in [0.15, 0.2) is 27.9 Å². The van der Waals surface area contributed by atoms with Gasteiger partial charge in [-0.05, 0) is 23.6 Å². The van der Waals surface area contributed by atoms with E-state index in [4.69, 9.17) is 0 Å². The quantitative estimate of drug-likeness (QED) is 0.826. The lowest BCUT2D eigenvalue weighted by molar-refractivity contribution is -0.112. The van der Waals surface area contributed by atoms with Gasteiger partial charge in [-0.15, -0.1) is 5.10 Å². The highest BCUT2D eigenvalue weighted by Gasteiger charge is 2.34. The fourth-order valence-electron chi connectivity index (χ4n) is 2.08. The van der Waals surface area contributed by atoms with Crippen molar-refractivity contribution < 1.29 is 9.00 Å². The molecule has 0 aliphatic carbocycles. The normalized spacial score (nSPS) is 21.6. The van der Waals surface area contributed by atoms with Crippen LogP contribution in [-0.2, 0) is 15.6 Å². The van der Waals surface area contributed by atoms with E-state index in [0.29, 0.717) is 17.6 Å². The molecule has 2 N–H and O–H groups in total. The monoisotopic (exact) mass is 321 g/mol. The number of aromatic nitrogens is 4. The highest BCUT2D eigenvalue weighted by atomic mass is 32.2. The Hall–Kier alpha value is -2.36. The molecule has 0 saturated carbocycles. The minimum atomic E-state index is -1.61. The number of tetrazole rings is 1. The van der Waals surface area contributed by atoms with Gasteiger partial charge in [-0.2, -0.15) is 5.21 Å². The van der Waals surface area contributed by atoms with Crippen LogP contribution in [0.5, 0.6) is 0 Å². The topological polar surface area (TPSA) is 116 Å². The Morgan fingerprint density at radius 2 is 2.41 bits per heavy atom. The van der Waals surface area contributed by atoms with Crippen molar-refractivity contribution in [3.8, 4) is 0 Å². The summed E-state index contributed by atoms with van der Waals surface area (Å²) in [6.45, 7) is 4.70. The number of hydrogen-bond acceptors (Lipinski definition) is 7. The Bertz CT molecular complexity index is 707. The number of amides is 1. The number of hydrogen-bond donors (Lipinski definition) is 2. The summed E-state index contributed by atoms with van der Waals surface area (Å²) in [6, 6.07) is 0. The first kappa shape index (κ1) is 14.6. The number of nitrogens with one attached hydrogen (secondary N) is 2. The van der Waals surface area contributed by atoms with Crippen LogP contribution in [-0.4, -0.2) is 47.4 Å². The van der Waals surface area contributed by atoms with Crippen molar-refractivity contribution in [1.82, 2.24) is 25.5 Å². The number of rotatable bonds is 4. The first-order chi connectivity index (χ1) is 10.6. The van der Waals surface area contributed by atoms with E-state index in [9.17, 15) is 9.00 Å². The van der Waals surface area contributed by atoms with Crippen LogP contribution >= 0.6 is 0 Å². The lowest BCUT2D eigenvalue weighted by atomic mass is 10.0. The maximum Gasteiger partial charge on any atom is 0.270 e. The third kappa shape index (κ3) is 2.56. The molecule has 2 atom stereocenters. The van der Waals surface area contributed by atoms with E-state index in [1.54, 1.807) is 11.1 Å². The zero-order valence-electron chi connectivity index (χ0n) is 12.1. The van der Waals surface area contributed by atoms with Gasteiger partial charge in [0.2, 0.25) is 5.17 Å². The molecule has 0 radical (unpaired) electrons. The highest BCUT2D eigenvalue weighted by Crippen LogP contribution is 2.26. The molecule has 1 aromatic heterocycles. The molecule has 0 aromatic carbocycles. The van der Waals surface area contributed by atoms with Gasteiger partial charge in [-0.1, -0.05) is 18.9 Å². The summed E-state index contributed by atoms with van der Waals surface area (Å²) in [5, 5.41) is 15.7. The predicted molar refractivity (Wildman–Crippen MR) is 80.7 cm³/mol. The van der Waals surface area contributed by atoms with Gasteiger partial charge in [-0.25, -0.2) is 9.20 Å². The standard InChI is InChI=1S/C12H15N7O2S/c1-3-7(2)8-4-5-19-6-9(22(21)12(19)13-8)10(20)14-11-15-17-18-16-11/h4,6-7H,3,5H2,1-2H3,(H2,14,15,16,17,18,20). The smallest absolute Gasteiger partial charge is 0.270 e. The van der Waals surface area contributed by atoms with Crippen LogP contribution in [0, 0.1) is 5.92 Å². The number of nitrogens with zero attached hydrogens (tertiary/aromatic N) is 5. The molecule has 0 spiro atoms. The van der Waals surface area contributed by atoms with Crippen molar-refractivity contribution in [2.24, 2.45) is 10.9 Å². The van der Waals surface area contributed by atoms with Gasteiger partial charge < -0.3 is 4.90 Å². The molecule has 0 fully saturated rings. The number of aromatic amines is 1. The van der Waals surface area contributed by atoms with E-state index in [0.717, 1.165) is 12.1 Å². The SMILES string of the molecule is CCC(C)C1=CCN2C=C(C(=O)Nc3nn[nH]n3)S(=O)C2=N1. The summed E-state index contributed by atoms with van der Waals surface area (Å²) < 4.78 is 12.5. The molecule has 1 amide bonds. The van der Waals surface area contributed by atoms with Gasteiger partial charge in [0.25, 0.3) is 11.9 Å². The van der Waals surface area contributed by atoms with Crippen LogP contribution in [0.1, 0.15) is 20.3 Å². The van der Waals surface area contributed by atoms with E-state index >= 15 is 0 Å². The number of aliphatic imine (C=N–C) groups is 1. The number of carbonyl (C=O) groups is 1. The van der Waals surface area contributed by atoms with Crippen molar-refractivity contribution in [3.05, 3.63) is 22.9 Å². The minimum absolute atomic E-state index is 0.0353. The molecule has 0 saturated heterocycles. The summed E-state index contributed by atoms with van der Waals surface area (Å²) in [6.07, 6.45) is 4.49. The molecule has 1 aromatic rings.